The molecule has 16 nitrogen and oxygen atoms in total. The molecule has 0 aromatic heterocycles. The second-order valence-electron chi connectivity index (χ2n) is 10.4. The molecule has 0 heterocycles. The SMILES string of the molecule is CC(C)[C@H](NC(=O)[C@H](CCCN=C(N)N)NC(=O)NCCC1(C(=O)O)C=CC=CC1)C(=O)NC(C=O)CCCN=CNN. The Bertz CT molecular complexity index is 1060. The lowest BCUT2D eigenvalue weighted by molar-refractivity contribution is -0.146. The molecule has 0 aromatic rings. The Kier molecular flexibility index (Phi) is 16.7. The number of urea groups is 1. The largest absolute Gasteiger partial charge is 0.481 e. The molecule has 1 aliphatic carbocycles. The summed E-state index contributed by atoms with van der Waals surface area (Å²) < 4.78 is 0. The van der Waals surface area contributed by atoms with Crippen molar-refractivity contribution >= 4 is 42.4 Å². The van der Waals surface area contributed by atoms with E-state index in [1.807, 2.05) is 0 Å². The summed E-state index contributed by atoms with van der Waals surface area (Å²) in [6.45, 7) is 4.11. The van der Waals surface area contributed by atoms with Crippen molar-refractivity contribution < 1.29 is 29.1 Å². The van der Waals surface area contributed by atoms with E-state index in [-0.39, 0.29) is 37.8 Å². The molecule has 1 aliphatic rings. The maximum Gasteiger partial charge on any atom is 0.315 e. The maximum atomic E-state index is 13.3. The Labute approximate surface area is 251 Å². The second-order valence-corrected chi connectivity index (χ2v) is 10.4. The molecule has 0 saturated heterocycles. The average Bonchev–Trinajstić information content (AvgIpc) is 2.96. The summed E-state index contributed by atoms with van der Waals surface area (Å²) in [6, 6.07) is -3.53. The molecule has 0 radical (unpaired) electrons. The third-order valence-corrected chi connectivity index (χ3v) is 6.70. The number of hydrogen-bond acceptors (Lipinski definition) is 8. The van der Waals surface area contributed by atoms with Gasteiger partial charge < -0.3 is 48.1 Å². The van der Waals surface area contributed by atoms with Gasteiger partial charge in [0.2, 0.25) is 11.8 Å². The van der Waals surface area contributed by atoms with E-state index in [1.165, 1.54) is 6.34 Å². The average molecular weight is 607 g/mol. The number of carbonyl (C=O) groups excluding carboxylic acids is 4. The monoisotopic (exact) mass is 606 g/mol. The topological polar surface area (TPSA) is 269 Å². The molecule has 16 heteroatoms. The number of allylic oxidation sites excluding steroid dienone is 3. The van der Waals surface area contributed by atoms with Crippen LogP contribution >= 0.6 is 0 Å². The van der Waals surface area contributed by atoms with E-state index in [2.05, 4.69) is 36.7 Å². The molecular formula is C27H46N10O6. The van der Waals surface area contributed by atoms with E-state index in [4.69, 9.17) is 17.3 Å². The molecule has 0 saturated carbocycles. The predicted molar refractivity (Wildman–Crippen MR) is 162 cm³/mol. The van der Waals surface area contributed by atoms with Crippen molar-refractivity contribution in [2.75, 3.05) is 19.6 Å². The highest BCUT2D eigenvalue weighted by Gasteiger charge is 2.35. The van der Waals surface area contributed by atoms with Crippen molar-refractivity contribution in [1.82, 2.24) is 26.7 Å². The lowest BCUT2D eigenvalue weighted by Gasteiger charge is -2.27. The van der Waals surface area contributed by atoms with Gasteiger partial charge in [0.25, 0.3) is 0 Å². The number of nitrogens with two attached hydrogens (primary N) is 3. The Balaban J connectivity index is 2.86. The van der Waals surface area contributed by atoms with Gasteiger partial charge in [0.15, 0.2) is 5.96 Å². The molecule has 43 heavy (non-hydrogen) atoms. The van der Waals surface area contributed by atoms with Gasteiger partial charge in [-0.2, -0.15) is 0 Å². The molecule has 0 spiro atoms. The first-order chi connectivity index (χ1) is 20.5. The van der Waals surface area contributed by atoms with Crippen LogP contribution in [-0.2, 0) is 19.2 Å². The van der Waals surface area contributed by atoms with Crippen LogP contribution in [0.1, 0.15) is 52.4 Å². The van der Waals surface area contributed by atoms with Crippen molar-refractivity contribution in [2.24, 2.45) is 38.6 Å². The highest BCUT2D eigenvalue weighted by atomic mass is 16.4. The summed E-state index contributed by atoms with van der Waals surface area (Å²) in [5.74, 6) is 2.47. The fourth-order valence-corrected chi connectivity index (χ4v) is 4.25. The molecule has 4 amide bonds. The van der Waals surface area contributed by atoms with Gasteiger partial charge >= 0.3 is 12.0 Å². The van der Waals surface area contributed by atoms with Crippen LogP contribution in [-0.4, -0.2) is 85.3 Å². The second kappa shape index (κ2) is 19.6. The molecule has 0 fully saturated rings. The summed E-state index contributed by atoms with van der Waals surface area (Å²) in [7, 11) is 0. The first-order valence-electron chi connectivity index (χ1n) is 14.1. The fourth-order valence-electron chi connectivity index (χ4n) is 4.25. The molecule has 4 atom stereocenters. The molecular weight excluding hydrogens is 560 g/mol. The zero-order valence-electron chi connectivity index (χ0n) is 24.8. The number of carbonyl (C=O) groups is 5. The highest BCUT2D eigenvalue weighted by molar-refractivity contribution is 5.92. The number of rotatable bonds is 20. The molecule has 0 aromatic carbocycles. The zero-order valence-corrected chi connectivity index (χ0v) is 24.8. The van der Waals surface area contributed by atoms with E-state index in [0.717, 1.165) is 0 Å². The number of nitrogens with zero attached hydrogens (tertiary/aromatic N) is 2. The Morgan fingerprint density at radius 2 is 1.74 bits per heavy atom. The van der Waals surface area contributed by atoms with Gasteiger partial charge in [0.1, 0.15) is 18.4 Å². The third-order valence-electron chi connectivity index (χ3n) is 6.70. The van der Waals surface area contributed by atoms with Crippen LogP contribution in [0.15, 0.2) is 34.3 Å². The summed E-state index contributed by atoms with van der Waals surface area (Å²) in [5.41, 5.74) is 11.9. The minimum absolute atomic E-state index is 0.0385. The van der Waals surface area contributed by atoms with Crippen LogP contribution in [0, 0.1) is 11.3 Å². The number of carboxylic acid groups (broad SMARTS) is 1. The summed E-state index contributed by atoms with van der Waals surface area (Å²) >= 11 is 0. The number of aliphatic imine (C=N–C) groups is 2. The molecule has 12 N–H and O–H groups in total. The first kappa shape index (κ1) is 36.6. The van der Waals surface area contributed by atoms with Gasteiger partial charge in [0, 0.05) is 19.6 Å². The van der Waals surface area contributed by atoms with Crippen molar-refractivity contribution in [3.05, 3.63) is 24.3 Å². The van der Waals surface area contributed by atoms with Gasteiger partial charge in [-0.15, -0.1) is 0 Å². The minimum atomic E-state index is -1.13. The van der Waals surface area contributed by atoms with E-state index >= 15 is 0 Å². The van der Waals surface area contributed by atoms with Crippen LogP contribution in [0.25, 0.3) is 0 Å². The summed E-state index contributed by atoms with van der Waals surface area (Å²) in [5, 5.41) is 20.2. The van der Waals surface area contributed by atoms with Crippen LogP contribution < -0.4 is 44.0 Å². The number of nitrogens with one attached hydrogen (secondary N) is 5. The minimum Gasteiger partial charge on any atom is -0.481 e. The van der Waals surface area contributed by atoms with Crippen molar-refractivity contribution in [2.45, 2.75) is 70.5 Å². The van der Waals surface area contributed by atoms with Crippen molar-refractivity contribution in [3.8, 4) is 0 Å². The first-order valence-corrected chi connectivity index (χ1v) is 14.1. The normalized spacial score (nSPS) is 17.9. The predicted octanol–water partition coefficient (Wildman–Crippen LogP) is -1.22. The molecule has 0 aliphatic heterocycles. The smallest absolute Gasteiger partial charge is 0.315 e. The van der Waals surface area contributed by atoms with Crippen LogP contribution in [0.5, 0.6) is 0 Å². The van der Waals surface area contributed by atoms with Gasteiger partial charge in [0.05, 0.1) is 17.8 Å². The van der Waals surface area contributed by atoms with Gasteiger partial charge in [-0.3, -0.25) is 24.4 Å². The van der Waals surface area contributed by atoms with E-state index in [1.54, 1.807) is 38.2 Å². The number of aliphatic carboxylic acids is 1. The third kappa shape index (κ3) is 13.8. The quantitative estimate of drug-likeness (QED) is 0.0199. The zero-order chi connectivity index (χ0) is 32.3. The van der Waals surface area contributed by atoms with Gasteiger partial charge in [-0.05, 0) is 44.4 Å². The van der Waals surface area contributed by atoms with Crippen LogP contribution in [0.3, 0.4) is 0 Å². The summed E-state index contributed by atoms with van der Waals surface area (Å²) in [6.07, 6.45) is 10.5. The Hall–Kier alpha value is -4.47. The lowest BCUT2D eigenvalue weighted by atomic mass is 9.79. The van der Waals surface area contributed by atoms with Crippen LogP contribution in [0.2, 0.25) is 0 Å². The molecule has 2 unspecified atom stereocenters. The van der Waals surface area contributed by atoms with Crippen LogP contribution in [0.4, 0.5) is 4.79 Å². The van der Waals surface area contributed by atoms with E-state index in [0.29, 0.717) is 38.5 Å². The van der Waals surface area contributed by atoms with Gasteiger partial charge in [-0.1, -0.05) is 38.2 Å². The molecule has 0 bridgehead atoms. The number of amides is 4. The van der Waals surface area contributed by atoms with Crippen molar-refractivity contribution in [3.63, 3.8) is 0 Å². The maximum absolute atomic E-state index is 13.3. The summed E-state index contributed by atoms with van der Waals surface area (Å²) in [4.78, 5) is 70.3. The van der Waals surface area contributed by atoms with Gasteiger partial charge in [-0.25, -0.2) is 10.6 Å². The van der Waals surface area contributed by atoms with Crippen molar-refractivity contribution in [1.29, 1.82) is 0 Å². The standard InChI is InChI=1S/C27H46N10O6/c1-18(2)21(23(40)35-19(16-38)8-6-13-31-17-34-30)37-22(39)20(9-7-14-32-25(28)29)36-26(43)33-15-12-27(24(41)42)10-4-3-5-11-27/h3-5,10,16-21H,6-9,11-15,30H2,1-2H3,(H,31,34)(H,35,40)(H,37,39)(H,41,42)(H4,28,29,32)(H2,33,36,43)/t19?,20-,21-,27?/m0/s1. The number of hydrazine groups is 1. The number of hydrogen-bond donors (Lipinski definition) is 9. The highest BCUT2D eigenvalue weighted by Crippen LogP contribution is 2.31. The molecule has 240 valence electrons. The lowest BCUT2D eigenvalue weighted by Crippen LogP contribution is -2.57. The molecule has 1 rings (SSSR count). The number of aldehydes is 1. The Morgan fingerprint density at radius 1 is 1.02 bits per heavy atom. The van der Waals surface area contributed by atoms with E-state index in [9.17, 15) is 29.1 Å². The number of carboxylic acids is 1. The van der Waals surface area contributed by atoms with E-state index < -0.39 is 47.4 Å². The Morgan fingerprint density at radius 3 is 2.33 bits per heavy atom. The number of guanidine groups is 1. The fraction of sp³-hybridized carbons (Fsp3) is 0.593.